The number of hydrogen-bond donors (Lipinski definition) is 1. The van der Waals surface area contributed by atoms with E-state index in [9.17, 15) is 0 Å². The van der Waals surface area contributed by atoms with Gasteiger partial charge in [0.25, 0.3) is 0 Å². The second-order valence-electron chi connectivity index (χ2n) is 4.47. The lowest BCUT2D eigenvalue weighted by molar-refractivity contribution is 0.513. The van der Waals surface area contributed by atoms with E-state index in [0.717, 1.165) is 11.6 Å². The Kier molecular flexibility index (Phi) is 7.02. The molecule has 0 aliphatic rings. The van der Waals surface area contributed by atoms with Gasteiger partial charge in [-0.2, -0.15) is 0 Å². The number of thioether (sulfide) groups is 1. The van der Waals surface area contributed by atoms with Gasteiger partial charge in [0.2, 0.25) is 0 Å². The Morgan fingerprint density at radius 2 is 1.88 bits per heavy atom. The largest absolute Gasteiger partial charge is 0.314 e. The zero-order chi connectivity index (χ0) is 12.7. The van der Waals surface area contributed by atoms with Gasteiger partial charge in [-0.05, 0) is 50.6 Å². The third-order valence-electron chi connectivity index (χ3n) is 2.58. The first-order valence-electron chi connectivity index (χ1n) is 6.27. The lowest BCUT2D eigenvalue weighted by atomic mass is 10.2. The summed E-state index contributed by atoms with van der Waals surface area (Å²) in [6.45, 7) is 7.85. The third kappa shape index (κ3) is 6.35. The molecular formula is C14H22ClNS. The summed E-state index contributed by atoms with van der Waals surface area (Å²) in [4.78, 5) is 1.30. The van der Waals surface area contributed by atoms with Crippen LogP contribution in [0.3, 0.4) is 0 Å². The number of halogens is 1. The van der Waals surface area contributed by atoms with E-state index in [-0.39, 0.29) is 0 Å². The maximum Gasteiger partial charge on any atom is 0.0406 e. The molecule has 1 rings (SSSR count). The predicted octanol–water partition coefficient (Wildman–Crippen LogP) is 4.60. The third-order valence-corrected chi connectivity index (χ3v) is 3.97. The van der Waals surface area contributed by atoms with Gasteiger partial charge in [-0.15, -0.1) is 11.8 Å². The standard InChI is InChI=1S/C14H22ClNS/c1-4-9-16-11(2)10-12(3)17-14-7-5-13(15)6-8-14/h5-8,11-12,16H,4,9-10H2,1-3H3. The predicted molar refractivity (Wildman–Crippen MR) is 79.1 cm³/mol. The smallest absolute Gasteiger partial charge is 0.0406 e. The van der Waals surface area contributed by atoms with E-state index < -0.39 is 0 Å². The average Bonchev–Trinajstić information content (AvgIpc) is 2.29. The molecule has 2 atom stereocenters. The quantitative estimate of drug-likeness (QED) is 0.728. The van der Waals surface area contributed by atoms with Gasteiger partial charge in [0.05, 0.1) is 0 Å². The minimum absolute atomic E-state index is 0.588. The summed E-state index contributed by atoms with van der Waals surface area (Å²) in [6.07, 6.45) is 2.39. The summed E-state index contributed by atoms with van der Waals surface area (Å²) >= 11 is 7.79. The molecule has 3 heteroatoms. The molecule has 0 aromatic heterocycles. The van der Waals surface area contributed by atoms with Gasteiger partial charge in [-0.1, -0.05) is 25.4 Å². The Morgan fingerprint density at radius 1 is 1.24 bits per heavy atom. The van der Waals surface area contributed by atoms with Crippen molar-refractivity contribution in [1.29, 1.82) is 0 Å². The average molecular weight is 272 g/mol. The number of rotatable bonds is 7. The molecule has 0 bridgehead atoms. The molecule has 1 nitrogen and oxygen atoms in total. The molecule has 0 aliphatic heterocycles. The first-order chi connectivity index (χ1) is 8.11. The van der Waals surface area contributed by atoms with Gasteiger partial charge >= 0.3 is 0 Å². The molecule has 0 saturated carbocycles. The van der Waals surface area contributed by atoms with E-state index in [4.69, 9.17) is 11.6 Å². The minimum Gasteiger partial charge on any atom is -0.314 e. The summed E-state index contributed by atoms with van der Waals surface area (Å²) in [5.74, 6) is 0. The fourth-order valence-electron chi connectivity index (χ4n) is 1.77. The Morgan fingerprint density at radius 3 is 2.47 bits per heavy atom. The summed E-state index contributed by atoms with van der Waals surface area (Å²) in [5.41, 5.74) is 0. The molecule has 1 aromatic rings. The van der Waals surface area contributed by atoms with Crippen LogP contribution in [0.4, 0.5) is 0 Å². The Balaban J connectivity index is 2.33. The molecule has 0 heterocycles. The van der Waals surface area contributed by atoms with Crippen molar-refractivity contribution < 1.29 is 0 Å². The van der Waals surface area contributed by atoms with Crippen molar-refractivity contribution >= 4 is 23.4 Å². The van der Waals surface area contributed by atoms with Gasteiger partial charge in [-0.3, -0.25) is 0 Å². The second kappa shape index (κ2) is 8.02. The van der Waals surface area contributed by atoms with Crippen molar-refractivity contribution in [3.05, 3.63) is 29.3 Å². The van der Waals surface area contributed by atoms with Crippen LogP contribution in [0.2, 0.25) is 5.02 Å². The Bertz CT molecular complexity index is 313. The Hall–Kier alpha value is -0.180. The molecule has 0 aliphatic carbocycles. The highest BCUT2D eigenvalue weighted by atomic mass is 35.5. The van der Waals surface area contributed by atoms with Crippen molar-refractivity contribution in [2.45, 2.75) is 49.8 Å². The van der Waals surface area contributed by atoms with Gasteiger partial charge in [0.1, 0.15) is 0 Å². The molecule has 1 aromatic carbocycles. The molecule has 0 spiro atoms. The van der Waals surface area contributed by atoms with Crippen LogP contribution in [-0.2, 0) is 0 Å². The molecule has 1 N–H and O–H groups in total. The highest BCUT2D eigenvalue weighted by molar-refractivity contribution is 7.99. The number of nitrogens with one attached hydrogen (secondary N) is 1. The molecule has 0 fully saturated rings. The fourth-order valence-corrected chi connectivity index (χ4v) is 3.03. The second-order valence-corrected chi connectivity index (χ2v) is 6.42. The van der Waals surface area contributed by atoms with Crippen molar-refractivity contribution in [1.82, 2.24) is 5.32 Å². The summed E-state index contributed by atoms with van der Waals surface area (Å²) in [6, 6.07) is 8.68. The zero-order valence-electron chi connectivity index (χ0n) is 10.9. The van der Waals surface area contributed by atoms with Gasteiger partial charge in [0.15, 0.2) is 0 Å². The van der Waals surface area contributed by atoms with Gasteiger partial charge in [-0.25, -0.2) is 0 Å². The lowest BCUT2D eigenvalue weighted by Crippen LogP contribution is -2.29. The van der Waals surface area contributed by atoms with Crippen molar-refractivity contribution in [2.24, 2.45) is 0 Å². The molecular weight excluding hydrogens is 250 g/mol. The molecule has 0 saturated heterocycles. The normalized spacial score (nSPS) is 14.6. The lowest BCUT2D eigenvalue weighted by Gasteiger charge is -2.18. The summed E-state index contributed by atoms with van der Waals surface area (Å²) in [7, 11) is 0. The first kappa shape index (κ1) is 14.9. The number of benzene rings is 1. The number of hydrogen-bond acceptors (Lipinski definition) is 2. The molecule has 96 valence electrons. The van der Waals surface area contributed by atoms with Crippen molar-refractivity contribution in [2.75, 3.05) is 6.54 Å². The molecule has 17 heavy (non-hydrogen) atoms. The molecule has 2 unspecified atom stereocenters. The minimum atomic E-state index is 0.588. The van der Waals surface area contributed by atoms with E-state index in [2.05, 4.69) is 38.2 Å². The SMILES string of the molecule is CCCNC(C)CC(C)Sc1ccc(Cl)cc1. The summed E-state index contributed by atoms with van der Waals surface area (Å²) in [5, 5.41) is 4.95. The molecule has 0 amide bonds. The van der Waals surface area contributed by atoms with Gasteiger partial charge < -0.3 is 5.32 Å². The van der Waals surface area contributed by atoms with Gasteiger partial charge in [0, 0.05) is 21.2 Å². The van der Waals surface area contributed by atoms with Crippen LogP contribution < -0.4 is 5.32 Å². The van der Waals surface area contributed by atoms with Crippen LogP contribution in [0, 0.1) is 0 Å². The van der Waals surface area contributed by atoms with E-state index in [1.54, 1.807) is 0 Å². The summed E-state index contributed by atoms with van der Waals surface area (Å²) < 4.78 is 0. The van der Waals surface area contributed by atoms with Crippen LogP contribution in [0.5, 0.6) is 0 Å². The molecule has 0 radical (unpaired) electrons. The van der Waals surface area contributed by atoms with E-state index in [1.807, 2.05) is 23.9 Å². The van der Waals surface area contributed by atoms with E-state index in [1.165, 1.54) is 17.7 Å². The van der Waals surface area contributed by atoms with Crippen molar-refractivity contribution in [3.63, 3.8) is 0 Å². The fraction of sp³-hybridized carbons (Fsp3) is 0.571. The van der Waals surface area contributed by atoms with E-state index >= 15 is 0 Å². The monoisotopic (exact) mass is 271 g/mol. The van der Waals surface area contributed by atoms with Crippen LogP contribution in [0.15, 0.2) is 29.2 Å². The van der Waals surface area contributed by atoms with Crippen LogP contribution in [0.1, 0.15) is 33.6 Å². The maximum atomic E-state index is 5.87. The van der Waals surface area contributed by atoms with Crippen molar-refractivity contribution in [3.8, 4) is 0 Å². The zero-order valence-corrected chi connectivity index (χ0v) is 12.4. The maximum absolute atomic E-state index is 5.87. The van der Waals surface area contributed by atoms with E-state index in [0.29, 0.717) is 11.3 Å². The Labute approximate surface area is 114 Å². The first-order valence-corrected chi connectivity index (χ1v) is 7.53. The highest BCUT2D eigenvalue weighted by Gasteiger charge is 2.09. The van der Waals surface area contributed by atoms with Crippen LogP contribution >= 0.6 is 23.4 Å². The van der Waals surface area contributed by atoms with Crippen LogP contribution in [0.25, 0.3) is 0 Å². The topological polar surface area (TPSA) is 12.0 Å². The van der Waals surface area contributed by atoms with Crippen LogP contribution in [-0.4, -0.2) is 17.8 Å². The highest BCUT2D eigenvalue weighted by Crippen LogP contribution is 2.26.